The summed E-state index contributed by atoms with van der Waals surface area (Å²) in [5, 5.41) is 9.50. The van der Waals surface area contributed by atoms with Crippen molar-refractivity contribution in [1.29, 1.82) is 0 Å². The molecule has 7 nitrogen and oxygen atoms in total. The summed E-state index contributed by atoms with van der Waals surface area (Å²) >= 11 is 0. The number of aliphatic hydroxyl groups excluding tert-OH is 1. The average Bonchev–Trinajstić information content (AvgIpc) is 3.18. The Kier molecular flexibility index (Phi) is 7.43. The van der Waals surface area contributed by atoms with Crippen molar-refractivity contribution in [1.82, 2.24) is 14.7 Å². The molecule has 2 saturated heterocycles. The van der Waals surface area contributed by atoms with E-state index in [9.17, 15) is 14.7 Å². The van der Waals surface area contributed by atoms with Gasteiger partial charge < -0.3 is 19.6 Å². The Labute approximate surface area is 175 Å². The van der Waals surface area contributed by atoms with Crippen LogP contribution in [0.4, 0.5) is 4.79 Å². The second kappa shape index (κ2) is 9.65. The predicted molar refractivity (Wildman–Crippen MR) is 112 cm³/mol. The molecule has 1 N–H and O–H groups in total. The zero-order valence-electron chi connectivity index (χ0n) is 18.4. The first-order chi connectivity index (χ1) is 13.8. The van der Waals surface area contributed by atoms with Crippen LogP contribution in [0.1, 0.15) is 72.1 Å². The fraction of sp³-hybridized carbons (Fsp3) is 0.909. The molecule has 1 atom stereocenters. The van der Waals surface area contributed by atoms with Crippen LogP contribution in [-0.4, -0.2) is 88.3 Å². The number of amides is 2. The molecule has 2 heterocycles. The largest absolute Gasteiger partial charge is 0.444 e. The SMILES string of the molecule is CC(C)(C)OC(=O)N1CC[C@H](N2CCC(N(C(=O)CO)C3CCCCC3)CC2)C1. The molecule has 3 aliphatic rings. The minimum atomic E-state index is -0.463. The molecule has 0 unspecified atom stereocenters. The number of carbonyl (C=O) groups is 2. The van der Waals surface area contributed by atoms with Crippen LogP contribution in [0.5, 0.6) is 0 Å². The highest BCUT2D eigenvalue weighted by Gasteiger charge is 2.37. The number of rotatable bonds is 4. The van der Waals surface area contributed by atoms with E-state index in [0.29, 0.717) is 12.1 Å². The molecule has 0 aromatic heterocycles. The van der Waals surface area contributed by atoms with Gasteiger partial charge in [-0.15, -0.1) is 0 Å². The lowest BCUT2D eigenvalue weighted by molar-refractivity contribution is -0.141. The minimum absolute atomic E-state index is 0.104. The molecular weight excluding hydrogens is 370 g/mol. The number of hydrogen-bond acceptors (Lipinski definition) is 5. The molecule has 29 heavy (non-hydrogen) atoms. The summed E-state index contributed by atoms with van der Waals surface area (Å²) in [6, 6.07) is 0.909. The van der Waals surface area contributed by atoms with Gasteiger partial charge in [0.1, 0.15) is 12.2 Å². The Balaban J connectivity index is 1.51. The second-order valence-corrected chi connectivity index (χ2v) is 9.89. The standard InChI is InChI=1S/C22H39N3O4/c1-22(2,3)29-21(28)24-14-11-19(15-24)23-12-9-18(10-13-23)25(20(27)16-26)17-7-5-4-6-8-17/h17-19,26H,4-16H2,1-3H3/t19-/m0/s1. The molecule has 7 heteroatoms. The van der Waals surface area contributed by atoms with Crippen LogP contribution in [0, 0.1) is 0 Å². The monoisotopic (exact) mass is 409 g/mol. The van der Waals surface area contributed by atoms with Crippen molar-refractivity contribution >= 4 is 12.0 Å². The lowest BCUT2D eigenvalue weighted by Crippen LogP contribution is -2.54. The number of nitrogens with zero attached hydrogens (tertiary/aromatic N) is 3. The van der Waals surface area contributed by atoms with E-state index in [1.807, 2.05) is 30.6 Å². The molecular formula is C22H39N3O4. The maximum absolute atomic E-state index is 12.5. The van der Waals surface area contributed by atoms with Gasteiger partial charge in [0.05, 0.1) is 0 Å². The topological polar surface area (TPSA) is 73.3 Å². The van der Waals surface area contributed by atoms with Crippen molar-refractivity contribution in [3.8, 4) is 0 Å². The molecule has 1 aliphatic carbocycles. The quantitative estimate of drug-likeness (QED) is 0.773. The molecule has 0 aromatic carbocycles. The van der Waals surface area contributed by atoms with Gasteiger partial charge in [-0.3, -0.25) is 9.69 Å². The lowest BCUT2D eigenvalue weighted by Gasteiger charge is -2.44. The molecule has 0 aromatic rings. The highest BCUT2D eigenvalue weighted by Crippen LogP contribution is 2.29. The second-order valence-electron chi connectivity index (χ2n) is 9.89. The molecule has 0 bridgehead atoms. The smallest absolute Gasteiger partial charge is 0.410 e. The molecule has 3 fully saturated rings. The molecule has 0 spiro atoms. The average molecular weight is 410 g/mol. The number of ether oxygens (including phenoxy) is 1. The van der Waals surface area contributed by atoms with E-state index in [1.54, 1.807) is 0 Å². The van der Waals surface area contributed by atoms with Crippen molar-refractivity contribution in [2.45, 2.75) is 95.9 Å². The van der Waals surface area contributed by atoms with Crippen LogP contribution in [0.3, 0.4) is 0 Å². The predicted octanol–water partition coefficient (Wildman–Crippen LogP) is 2.61. The number of carbonyl (C=O) groups excluding carboxylic acids is 2. The Morgan fingerprint density at radius 1 is 0.966 bits per heavy atom. The van der Waals surface area contributed by atoms with Crippen molar-refractivity contribution < 1.29 is 19.4 Å². The number of hydrogen-bond donors (Lipinski definition) is 1. The summed E-state index contributed by atoms with van der Waals surface area (Å²) in [4.78, 5) is 31.1. The molecule has 0 radical (unpaired) electrons. The Morgan fingerprint density at radius 3 is 2.17 bits per heavy atom. The van der Waals surface area contributed by atoms with Gasteiger partial charge in [0.25, 0.3) is 0 Å². The maximum Gasteiger partial charge on any atom is 0.410 e. The third-order valence-electron chi connectivity index (χ3n) is 6.62. The van der Waals surface area contributed by atoms with Crippen LogP contribution < -0.4 is 0 Å². The fourth-order valence-electron chi connectivity index (χ4n) is 5.21. The van der Waals surface area contributed by atoms with Gasteiger partial charge in [-0.2, -0.15) is 0 Å². The maximum atomic E-state index is 12.5. The van der Waals surface area contributed by atoms with E-state index in [-0.39, 0.29) is 24.6 Å². The summed E-state index contributed by atoms with van der Waals surface area (Å²) in [6.45, 7) is 8.67. The molecule has 3 rings (SSSR count). The highest BCUT2D eigenvalue weighted by atomic mass is 16.6. The van der Waals surface area contributed by atoms with Crippen molar-refractivity contribution in [2.75, 3.05) is 32.8 Å². The summed E-state index contributed by atoms with van der Waals surface area (Å²) in [6.07, 6.45) is 8.42. The third kappa shape index (κ3) is 5.85. The van der Waals surface area contributed by atoms with E-state index in [2.05, 4.69) is 4.90 Å². The van der Waals surface area contributed by atoms with E-state index in [0.717, 1.165) is 58.3 Å². The van der Waals surface area contributed by atoms with E-state index < -0.39 is 5.60 Å². The number of piperidine rings is 1. The highest BCUT2D eigenvalue weighted by molar-refractivity contribution is 5.78. The van der Waals surface area contributed by atoms with Crippen LogP contribution >= 0.6 is 0 Å². The molecule has 2 amide bonds. The summed E-state index contributed by atoms with van der Waals surface area (Å²) in [5.74, 6) is -0.104. The van der Waals surface area contributed by atoms with Crippen molar-refractivity contribution in [3.63, 3.8) is 0 Å². The first-order valence-electron chi connectivity index (χ1n) is 11.4. The van der Waals surface area contributed by atoms with Gasteiger partial charge in [0, 0.05) is 44.3 Å². The van der Waals surface area contributed by atoms with Gasteiger partial charge in [0.2, 0.25) is 5.91 Å². The summed E-state index contributed by atoms with van der Waals surface area (Å²) in [7, 11) is 0. The molecule has 166 valence electrons. The summed E-state index contributed by atoms with van der Waals surface area (Å²) < 4.78 is 5.51. The Morgan fingerprint density at radius 2 is 1.59 bits per heavy atom. The summed E-state index contributed by atoms with van der Waals surface area (Å²) in [5.41, 5.74) is -0.463. The Hall–Kier alpha value is -1.34. The molecule has 1 saturated carbocycles. The van der Waals surface area contributed by atoms with Crippen molar-refractivity contribution in [2.24, 2.45) is 0 Å². The van der Waals surface area contributed by atoms with Crippen LogP contribution in [0.25, 0.3) is 0 Å². The van der Waals surface area contributed by atoms with Gasteiger partial charge in [-0.05, 0) is 52.9 Å². The molecule has 2 aliphatic heterocycles. The zero-order chi connectivity index (χ0) is 21.0. The number of likely N-dealkylation sites (tertiary alicyclic amines) is 2. The van der Waals surface area contributed by atoms with Gasteiger partial charge in [-0.1, -0.05) is 19.3 Å². The third-order valence-corrected chi connectivity index (χ3v) is 6.62. The zero-order valence-corrected chi connectivity index (χ0v) is 18.4. The van der Waals surface area contributed by atoms with Gasteiger partial charge in [-0.25, -0.2) is 4.79 Å². The first-order valence-corrected chi connectivity index (χ1v) is 11.4. The van der Waals surface area contributed by atoms with E-state index >= 15 is 0 Å². The van der Waals surface area contributed by atoms with E-state index in [4.69, 9.17) is 4.74 Å². The lowest BCUT2D eigenvalue weighted by atomic mass is 9.91. The normalized spacial score (nSPS) is 25.2. The number of aliphatic hydroxyl groups is 1. The van der Waals surface area contributed by atoms with Crippen molar-refractivity contribution in [3.05, 3.63) is 0 Å². The van der Waals surface area contributed by atoms with Crippen LogP contribution in [0.15, 0.2) is 0 Å². The van der Waals surface area contributed by atoms with Crippen LogP contribution in [-0.2, 0) is 9.53 Å². The first kappa shape index (κ1) is 22.3. The van der Waals surface area contributed by atoms with E-state index in [1.165, 1.54) is 19.3 Å². The van der Waals surface area contributed by atoms with Gasteiger partial charge >= 0.3 is 6.09 Å². The fourth-order valence-corrected chi connectivity index (χ4v) is 5.21. The Bertz CT molecular complexity index is 563. The van der Waals surface area contributed by atoms with Gasteiger partial charge in [0.15, 0.2) is 0 Å². The van der Waals surface area contributed by atoms with Crippen LogP contribution in [0.2, 0.25) is 0 Å². The minimum Gasteiger partial charge on any atom is -0.444 e.